The predicted octanol–water partition coefficient (Wildman–Crippen LogP) is 5.41. The highest BCUT2D eigenvalue weighted by Crippen LogP contribution is 2.31. The van der Waals surface area contributed by atoms with Gasteiger partial charge in [0.2, 0.25) is 0 Å². The van der Waals surface area contributed by atoms with E-state index in [9.17, 15) is 4.79 Å². The van der Waals surface area contributed by atoms with Gasteiger partial charge in [0.05, 0.1) is 23.7 Å². The number of ketones is 1. The van der Waals surface area contributed by atoms with E-state index in [1.165, 1.54) is 11.8 Å². The van der Waals surface area contributed by atoms with Gasteiger partial charge >= 0.3 is 0 Å². The maximum Gasteiger partial charge on any atom is 0.196 e. The first kappa shape index (κ1) is 22.7. The second-order valence-electron chi connectivity index (χ2n) is 8.61. The van der Waals surface area contributed by atoms with Gasteiger partial charge < -0.3 is 13.7 Å². The topological polar surface area (TPSA) is 75.1 Å². The summed E-state index contributed by atoms with van der Waals surface area (Å²) in [4.78, 5) is 13.2. The third-order valence-corrected chi connectivity index (χ3v) is 7.29. The van der Waals surface area contributed by atoms with Crippen LogP contribution in [-0.4, -0.2) is 43.6 Å². The Kier molecular flexibility index (Phi) is 6.43. The lowest BCUT2D eigenvalue weighted by Gasteiger charge is -2.14. The smallest absolute Gasteiger partial charge is 0.196 e. The summed E-state index contributed by atoms with van der Waals surface area (Å²) in [5, 5.41) is 9.54. The van der Waals surface area contributed by atoms with E-state index in [-0.39, 0.29) is 17.6 Å². The summed E-state index contributed by atoms with van der Waals surface area (Å²) in [7, 11) is 0. The number of ether oxygens (including phenoxy) is 1. The summed E-state index contributed by atoms with van der Waals surface area (Å²) >= 11 is 1.40. The van der Waals surface area contributed by atoms with Gasteiger partial charge in [0.25, 0.3) is 0 Å². The Morgan fingerprint density at radius 1 is 1.15 bits per heavy atom. The first-order chi connectivity index (χ1) is 16.5. The van der Waals surface area contributed by atoms with E-state index >= 15 is 0 Å². The van der Waals surface area contributed by atoms with Crippen LogP contribution in [0.2, 0.25) is 0 Å². The molecule has 0 spiro atoms. The lowest BCUT2D eigenvalue weighted by Crippen LogP contribution is -2.17. The molecule has 1 aromatic carbocycles. The number of carbonyl (C=O) groups is 1. The SMILES string of the molecule is Cc1occc1-c1nnc(SCC(=O)c2cc(C)n(CC3CCCO3)c2C)n1-c1ccccc1. The monoisotopic (exact) mass is 476 g/mol. The first-order valence-electron chi connectivity index (χ1n) is 11.5. The minimum absolute atomic E-state index is 0.0837. The number of rotatable bonds is 8. The summed E-state index contributed by atoms with van der Waals surface area (Å²) in [5.41, 5.74) is 4.67. The summed E-state index contributed by atoms with van der Waals surface area (Å²) in [5.74, 6) is 1.83. The highest BCUT2D eigenvalue weighted by Gasteiger charge is 2.23. The summed E-state index contributed by atoms with van der Waals surface area (Å²) in [6, 6.07) is 13.8. The van der Waals surface area contributed by atoms with Crippen molar-refractivity contribution in [3.63, 3.8) is 0 Å². The van der Waals surface area contributed by atoms with Crippen LogP contribution in [0.15, 0.2) is 58.3 Å². The van der Waals surface area contributed by atoms with E-state index in [1.807, 2.05) is 60.9 Å². The second kappa shape index (κ2) is 9.64. The van der Waals surface area contributed by atoms with Crippen molar-refractivity contribution in [2.75, 3.05) is 12.4 Å². The molecule has 176 valence electrons. The zero-order chi connectivity index (χ0) is 23.7. The van der Waals surface area contributed by atoms with Crippen LogP contribution in [0, 0.1) is 20.8 Å². The number of aryl methyl sites for hydroxylation is 2. The van der Waals surface area contributed by atoms with Crippen LogP contribution in [0.25, 0.3) is 17.1 Å². The van der Waals surface area contributed by atoms with Gasteiger partial charge in [-0.3, -0.25) is 9.36 Å². The second-order valence-corrected chi connectivity index (χ2v) is 9.55. The van der Waals surface area contributed by atoms with Crippen LogP contribution in [0.3, 0.4) is 0 Å². The molecule has 0 N–H and O–H groups in total. The maximum absolute atomic E-state index is 13.2. The Labute approximate surface area is 203 Å². The van der Waals surface area contributed by atoms with Crippen LogP contribution in [0.5, 0.6) is 0 Å². The minimum atomic E-state index is 0.0837. The molecule has 0 bridgehead atoms. The van der Waals surface area contributed by atoms with Gasteiger partial charge in [-0.25, -0.2) is 0 Å². The number of furan rings is 1. The maximum atomic E-state index is 13.2. The van der Waals surface area contributed by atoms with Crippen molar-refractivity contribution in [3.05, 3.63) is 71.4 Å². The molecule has 7 nitrogen and oxygen atoms in total. The highest BCUT2D eigenvalue weighted by atomic mass is 32.2. The number of thioether (sulfide) groups is 1. The fourth-order valence-corrected chi connectivity index (χ4v) is 5.36. The number of hydrogen-bond acceptors (Lipinski definition) is 6. The number of Topliss-reactive ketones (excluding diaryl/α,β-unsaturated/α-hetero) is 1. The van der Waals surface area contributed by atoms with Crippen molar-refractivity contribution >= 4 is 17.5 Å². The quantitative estimate of drug-likeness (QED) is 0.250. The number of carbonyl (C=O) groups excluding carboxylic acids is 1. The van der Waals surface area contributed by atoms with Gasteiger partial charge in [-0.05, 0) is 57.9 Å². The standard InChI is InChI=1S/C26H28N4O3S/c1-17-14-23(18(2)29(17)15-21-10-7-12-33-21)24(31)16-34-26-28-27-25(22-11-13-32-19(22)3)30(26)20-8-5-4-6-9-20/h4-6,8-9,11,13-14,21H,7,10,12,15-16H2,1-3H3. The molecule has 4 heterocycles. The molecular formula is C26H28N4O3S. The van der Waals surface area contributed by atoms with E-state index in [2.05, 4.69) is 21.7 Å². The fraction of sp³-hybridized carbons (Fsp3) is 0.346. The summed E-state index contributed by atoms with van der Waals surface area (Å²) in [6.07, 6.45) is 4.06. The number of nitrogens with zero attached hydrogens (tertiary/aromatic N) is 4. The zero-order valence-electron chi connectivity index (χ0n) is 19.7. The van der Waals surface area contributed by atoms with Crippen molar-refractivity contribution in [1.29, 1.82) is 0 Å². The van der Waals surface area contributed by atoms with Crippen LogP contribution in [-0.2, 0) is 11.3 Å². The van der Waals surface area contributed by atoms with Crippen LogP contribution >= 0.6 is 11.8 Å². The number of aromatic nitrogens is 4. The molecule has 1 aliphatic rings. The average molecular weight is 477 g/mol. The summed E-state index contributed by atoms with van der Waals surface area (Å²) in [6.45, 7) is 7.61. The molecule has 0 aliphatic carbocycles. The van der Waals surface area contributed by atoms with Crippen molar-refractivity contribution in [2.24, 2.45) is 0 Å². The van der Waals surface area contributed by atoms with E-state index in [4.69, 9.17) is 9.15 Å². The third-order valence-electron chi connectivity index (χ3n) is 6.36. The van der Waals surface area contributed by atoms with Crippen LogP contribution in [0.4, 0.5) is 0 Å². The highest BCUT2D eigenvalue weighted by molar-refractivity contribution is 7.99. The first-order valence-corrected chi connectivity index (χ1v) is 12.5. The number of benzene rings is 1. The number of para-hydroxylation sites is 1. The molecule has 0 saturated carbocycles. The Bertz CT molecular complexity index is 1300. The third kappa shape index (κ3) is 4.35. The Morgan fingerprint density at radius 3 is 2.68 bits per heavy atom. The lowest BCUT2D eigenvalue weighted by molar-refractivity contribution is 0.0957. The Morgan fingerprint density at radius 2 is 1.97 bits per heavy atom. The van der Waals surface area contributed by atoms with Crippen LogP contribution < -0.4 is 0 Å². The molecule has 1 atom stereocenters. The molecule has 4 aromatic rings. The molecule has 34 heavy (non-hydrogen) atoms. The molecular weight excluding hydrogens is 448 g/mol. The van der Waals surface area contributed by atoms with Gasteiger partial charge in [-0.15, -0.1) is 10.2 Å². The molecule has 0 amide bonds. The molecule has 0 radical (unpaired) electrons. The molecule has 3 aromatic heterocycles. The van der Waals surface area contributed by atoms with Crippen LogP contribution in [0.1, 0.15) is 40.3 Å². The Balaban J connectivity index is 1.39. The van der Waals surface area contributed by atoms with Crippen molar-refractivity contribution < 1.29 is 13.9 Å². The molecule has 1 unspecified atom stereocenters. The molecule has 5 rings (SSSR count). The largest absolute Gasteiger partial charge is 0.469 e. The predicted molar refractivity (Wildman–Crippen MR) is 132 cm³/mol. The molecule has 1 fully saturated rings. The van der Waals surface area contributed by atoms with Gasteiger partial charge in [-0.2, -0.15) is 0 Å². The molecule has 1 aliphatic heterocycles. The molecule has 8 heteroatoms. The van der Waals surface area contributed by atoms with Crippen molar-refractivity contribution in [3.8, 4) is 17.1 Å². The van der Waals surface area contributed by atoms with E-state index < -0.39 is 0 Å². The lowest BCUT2D eigenvalue weighted by atomic mass is 10.2. The average Bonchev–Trinajstić information content (AvgIpc) is 3.63. The van der Waals surface area contributed by atoms with Gasteiger partial charge in [0.1, 0.15) is 5.76 Å². The van der Waals surface area contributed by atoms with E-state index in [0.29, 0.717) is 11.0 Å². The van der Waals surface area contributed by atoms with Gasteiger partial charge in [0, 0.05) is 35.8 Å². The zero-order valence-corrected chi connectivity index (χ0v) is 20.5. The van der Waals surface area contributed by atoms with Crippen molar-refractivity contribution in [1.82, 2.24) is 19.3 Å². The number of hydrogen-bond donors (Lipinski definition) is 0. The van der Waals surface area contributed by atoms with Crippen molar-refractivity contribution in [2.45, 2.75) is 51.4 Å². The minimum Gasteiger partial charge on any atom is -0.469 e. The van der Waals surface area contributed by atoms with Gasteiger partial charge in [0.15, 0.2) is 16.8 Å². The fourth-order valence-electron chi connectivity index (χ4n) is 4.53. The normalized spacial score (nSPS) is 15.8. The van der Waals surface area contributed by atoms with E-state index in [1.54, 1.807) is 6.26 Å². The van der Waals surface area contributed by atoms with Gasteiger partial charge in [-0.1, -0.05) is 30.0 Å². The summed E-state index contributed by atoms with van der Waals surface area (Å²) < 4.78 is 15.5. The van der Waals surface area contributed by atoms with E-state index in [0.717, 1.165) is 60.0 Å². The Hall–Kier alpha value is -3.10. The molecule has 1 saturated heterocycles.